The Kier molecular flexibility index (Phi) is 4.16. The van der Waals surface area contributed by atoms with Gasteiger partial charge in [0.1, 0.15) is 6.54 Å². The standard InChI is InChI=1S/C14H18N2O3/c15-12-8-4-7-11(12)14(19)16(9-13(17)18)10-5-2-1-3-6-10/h1-3,5-6,11-12H,4,7-9,15H2,(H,17,18). The highest BCUT2D eigenvalue weighted by molar-refractivity contribution is 5.99. The molecule has 0 bridgehead atoms. The van der Waals surface area contributed by atoms with Crippen molar-refractivity contribution in [3.8, 4) is 0 Å². The van der Waals surface area contributed by atoms with E-state index < -0.39 is 5.97 Å². The van der Waals surface area contributed by atoms with Crippen LogP contribution < -0.4 is 10.6 Å². The van der Waals surface area contributed by atoms with Crippen molar-refractivity contribution in [1.29, 1.82) is 0 Å². The summed E-state index contributed by atoms with van der Waals surface area (Å²) in [4.78, 5) is 24.8. The maximum atomic E-state index is 12.5. The van der Waals surface area contributed by atoms with Crippen LogP contribution in [0.5, 0.6) is 0 Å². The van der Waals surface area contributed by atoms with Crippen LogP contribution in [0.2, 0.25) is 0 Å². The zero-order valence-electron chi connectivity index (χ0n) is 10.7. The molecule has 2 unspecified atom stereocenters. The van der Waals surface area contributed by atoms with Crippen molar-refractivity contribution in [2.24, 2.45) is 11.7 Å². The molecule has 0 saturated heterocycles. The molecule has 1 fully saturated rings. The first kappa shape index (κ1) is 13.5. The summed E-state index contributed by atoms with van der Waals surface area (Å²) in [5, 5.41) is 8.98. The van der Waals surface area contributed by atoms with Crippen molar-refractivity contribution in [2.45, 2.75) is 25.3 Å². The quantitative estimate of drug-likeness (QED) is 0.855. The molecule has 1 aliphatic rings. The average molecular weight is 262 g/mol. The highest BCUT2D eigenvalue weighted by atomic mass is 16.4. The molecular formula is C14H18N2O3. The zero-order chi connectivity index (χ0) is 13.8. The van der Waals surface area contributed by atoms with Crippen molar-refractivity contribution in [2.75, 3.05) is 11.4 Å². The predicted molar refractivity (Wildman–Crippen MR) is 71.7 cm³/mol. The van der Waals surface area contributed by atoms with Crippen LogP contribution in [0, 0.1) is 5.92 Å². The Morgan fingerprint density at radius 1 is 1.26 bits per heavy atom. The van der Waals surface area contributed by atoms with Crippen LogP contribution in [-0.4, -0.2) is 29.6 Å². The molecule has 1 aromatic rings. The Balaban J connectivity index is 2.22. The monoisotopic (exact) mass is 262 g/mol. The van der Waals surface area contributed by atoms with Crippen LogP contribution in [0.1, 0.15) is 19.3 Å². The first-order chi connectivity index (χ1) is 9.09. The second-order valence-corrected chi connectivity index (χ2v) is 4.85. The van der Waals surface area contributed by atoms with Gasteiger partial charge in [0.15, 0.2) is 0 Å². The maximum Gasteiger partial charge on any atom is 0.323 e. The highest BCUT2D eigenvalue weighted by Gasteiger charge is 2.34. The van der Waals surface area contributed by atoms with Gasteiger partial charge in [-0.15, -0.1) is 0 Å². The van der Waals surface area contributed by atoms with Crippen molar-refractivity contribution in [3.63, 3.8) is 0 Å². The first-order valence-corrected chi connectivity index (χ1v) is 6.43. The number of carboxylic acid groups (broad SMARTS) is 1. The third-order valence-corrected chi connectivity index (χ3v) is 3.51. The number of nitrogens with zero attached hydrogens (tertiary/aromatic N) is 1. The summed E-state index contributed by atoms with van der Waals surface area (Å²) in [5.74, 6) is -1.47. The fourth-order valence-electron chi connectivity index (χ4n) is 2.54. The number of hydrogen-bond acceptors (Lipinski definition) is 3. The Morgan fingerprint density at radius 2 is 1.95 bits per heavy atom. The zero-order valence-corrected chi connectivity index (χ0v) is 10.7. The first-order valence-electron chi connectivity index (χ1n) is 6.43. The molecule has 2 atom stereocenters. The molecule has 1 amide bonds. The number of carbonyl (C=O) groups is 2. The normalized spacial score (nSPS) is 22.2. The van der Waals surface area contributed by atoms with E-state index in [1.165, 1.54) is 4.90 Å². The summed E-state index contributed by atoms with van der Waals surface area (Å²) in [7, 11) is 0. The van der Waals surface area contributed by atoms with Gasteiger partial charge in [-0.1, -0.05) is 24.6 Å². The predicted octanol–water partition coefficient (Wildman–Crippen LogP) is 1.23. The van der Waals surface area contributed by atoms with E-state index in [9.17, 15) is 9.59 Å². The molecule has 0 aromatic heterocycles. The second-order valence-electron chi connectivity index (χ2n) is 4.85. The van der Waals surface area contributed by atoms with Crippen molar-refractivity contribution in [1.82, 2.24) is 0 Å². The third kappa shape index (κ3) is 3.12. The Labute approximate surface area is 112 Å². The molecule has 1 saturated carbocycles. The second kappa shape index (κ2) is 5.84. The molecular weight excluding hydrogens is 244 g/mol. The molecule has 1 aliphatic carbocycles. The van der Waals surface area contributed by atoms with Crippen LogP contribution in [-0.2, 0) is 9.59 Å². The lowest BCUT2D eigenvalue weighted by atomic mass is 10.0. The summed E-state index contributed by atoms with van der Waals surface area (Å²) in [5.41, 5.74) is 6.54. The number of carboxylic acids is 1. The number of benzene rings is 1. The number of carbonyl (C=O) groups excluding carboxylic acids is 1. The molecule has 0 spiro atoms. The number of aliphatic carboxylic acids is 1. The SMILES string of the molecule is NC1CCCC1C(=O)N(CC(=O)O)c1ccccc1. The maximum absolute atomic E-state index is 12.5. The minimum absolute atomic E-state index is 0.160. The molecule has 0 aliphatic heterocycles. The van der Waals surface area contributed by atoms with E-state index >= 15 is 0 Å². The van der Waals surface area contributed by atoms with Crippen molar-refractivity contribution in [3.05, 3.63) is 30.3 Å². The van der Waals surface area contributed by atoms with E-state index in [0.717, 1.165) is 19.3 Å². The third-order valence-electron chi connectivity index (χ3n) is 3.51. The lowest BCUT2D eigenvalue weighted by Gasteiger charge is -2.25. The molecule has 0 radical (unpaired) electrons. The number of nitrogens with two attached hydrogens (primary N) is 1. The van der Waals surface area contributed by atoms with Gasteiger partial charge < -0.3 is 15.7 Å². The van der Waals surface area contributed by atoms with Gasteiger partial charge in [0.25, 0.3) is 0 Å². The molecule has 1 aromatic carbocycles. The highest BCUT2D eigenvalue weighted by Crippen LogP contribution is 2.27. The summed E-state index contributed by atoms with van der Waals surface area (Å²) in [6.45, 7) is -0.327. The molecule has 102 valence electrons. The van der Waals surface area contributed by atoms with Crippen LogP contribution in [0.3, 0.4) is 0 Å². The van der Waals surface area contributed by atoms with Gasteiger partial charge in [0.2, 0.25) is 5.91 Å². The minimum atomic E-state index is -1.02. The Hall–Kier alpha value is -1.88. The summed E-state index contributed by atoms with van der Waals surface area (Å²) in [6.07, 6.45) is 2.49. The van der Waals surface area contributed by atoms with Gasteiger partial charge in [-0.3, -0.25) is 9.59 Å². The number of amides is 1. The van der Waals surface area contributed by atoms with Crippen LogP contribution >= 0.6 is 0 Å². The number of rotatable bonds is 4. The summed E-state index contributed by atoms with van der Waals surface area (Å²) in [6, 6.07) is 8.71. The number of anilines is 1. The molecule has 2 rings (SSSR count). The Bertz CT molecular complexity index is 461. The molecule has 5 heteroatoms. The van der Waals surface area contributed by atoms with Crippen molar-refractivity contribution >= 4 is 17.6 Å². The minimum Gasteiger partial charge on any atom is -0.480 e. The van der Waals surface area contributed by atoms with Crippen LogP contribution in [0.4, 0.5) is 5.69 Å². The van der Waals surface area contributed by atoms with Gasteiger partial charge in [-0.25, -0.2) is 0 Å². The smallest absolute Gasteiger partial charge is 0.323 e. The van der Waals surface area contributed by atoms with E-state index in [4.69, 9.17) is 10.8 Å². The number of para-hydroxylation sites is 1. The van der Waals surface area contributed by atoms with Gasteiger partial charge in [0.05, 0.1) is 5.92 Å². The lowest BCUT2D eigenvalue weighted by Crippen LogP contribution is -2.44. The van der Waals surface area contributed by atoms with Gasteiger partial charge >= 0.3 is 5.97 Å². The fourth-order valence-corrected chi connectivity index (χ4v) is 2.54. The Morgan fingerprint density at radius 3 is 2.47 bits per heavy atom. The molecule has 19 heavy (non-hydrogen) atoms. The summed E-state index contributed by atoms with van der Waals surface area (Å²) < 4.78 is 0. The fraction of sp³-hybridized carbons (Fsp3) is 0.429. The largest absolute Gasteiger partial charge is 0.480 e. The van der Waals surface area contributed by atoms with Crippen LogP contribution in [0.15, 0.2) is 30.3 Å². The molecule has 5 nitrogen and oxygen atoms in total. The van der Waals surface area contributed by atoms with Crippen molar-refractivity contribution < 1.29 is 14.7 Å². The van der Waals surface area contributed by atoms with E-state index in [2.05, 4.69) is 0 Å². The number of hydrogen-bond donors (Lipinski definition) is 2. The topological polar surface area (TPSA) is 83.6 Å². The summed E-state index contributed by atoms with van der Waals surface area (Å²) >= 11 is 0. The van der Waals surface area contributed by atoms with Crippen LogP contribution in [0.25, 0.3) is 0 Å². The van der Waals surface area contributed by atoms with Gasteiger partial charge in [-0.05, 0) is 25.0 Å². The lowest BCUT2D eigenvalue weighted by molar-refractivity contribution is -0.137. The molecule has 3 N–H and O–H groups in total. The van der Waals surface area contributed by atoms with Gasteiger partial charge in [-0.2, -0.15) is 0 Å². The molecule has 0 heterocycles. The average Bonchev–Trinajstić information content (AvgIpc) is 2.82. The van der Waals surface area contributed by atoms with E-state index in [0.29, 0.717) is 5.69 Å². The van der Waals surface area contributed by atoms with E-state index in [1.54, 1.807) is 24.3 Å². The van der Waals surface area contributed by atoms with Gasteiger partial charge in [0, 0.05) is 11.7 Å². The van der Waals surface area contributed by atoms with E-state index in [-0.39, 0.29) is 24.4 Å². The van der Waals surface area contributed by atoms with E-state index in [1.807, 2.05) is 6.07 Å².